The highest BCUT2D eigenvalue weighted by molar-refractivity contribution is 6.35. The maximum atomic E-state index is 10.1. The summed E-state index contributed by atoms with van der Waals surface area (Å²) < 4.78 is 11.2. The average Bonchev–Trinajstić information content (AvgIpc) is 3.72. The fraction of sp³-hybridized carbons (Fsp3) is 0.206. The third-order valence-corrected chi connectivity index (χ3v) is 8.07. The zero-order valence-corrected chi connectivity index (χ0v) is 24.6. The molecule has 0 aliphatic heterocycles. The molecule has 2 heterocycles. The van der Waals surface area contributed by atoms with E-state index in [9.17, 15) is 22.4 Å². The molecule has 1 fully saturated rings. The summed E-state index contributed by atoms with van der Waals surface area (Å²) in [4.78, 5) is 4.46. The summed E-state index contributed by atoms with van der Waals surface area (Å²) in [6.45, 7) is 0. The standard InChI is InChI=1S/C34H25ClN10/c35-28-16-26(41-32(24-9-4-6-22(14-24)17-37)30-20-45(44-43-30)34(21-39)11-12-34)15-27-31(25(18-38)19-40-33(27)28)42-29(10-5-13-36)23-7-2-1-3-8-23/h1-4,6-9,14-16,19-20,29,32,41H,5,10-12H2,(H,40,42)/i32D. The van der Waals surface area contributed by atoms with Crippen molar-refractivity contribution in [3.05, 3.63) is 112 Å². The van der Waals surface area contributed by atoms with E-state index >= 15 is 0 Å². The molecular formula is C34H25ClN10. The molecule has 6 rings (SSSR count). The number of anilines is 2. The van der Waals surface area contributed by atoms with Crippen LogP contribution in [-0.2, 0) is 5.54 Å². The fourth-order valence-electron chi connectivity index (χ4n) is 5.23. The van der Waals surface area contributed by atoms with Gasteiger partial charge in [-0.3, -0.25) is 4.98 Å². The van der Waals surface area contributed by atoms with Crippen LogP contribution in [0, 0.1) is 45.3 Å². The van der Waals surface area contributed by atoms with Crippen molar-refractivity contribution in [3.63, 3.8) is 0 Å². The van der Waals surface area contributed by atoms with Gasteiger partial charge in [-0.1, -0.05) is 59.3 Å². The van der Waals surface area contributed by atoms with Crippen LogP contribution in [0.3, 0.4) is 0 Å². The second-order valence-electron chi connectivity index (χ2n) is 10.7. The molecule has 1 saturated carbocycles. The fourth-order valence-corrected chi connectivity index (χ4v) is 5.50. The van der Waals surface area contributed by atoms with Crippen LogP contribution < -0.4 is 10.6 Å². The number of rotatable bonds is 10. The molecule has 5 aromatic rings. The lowest BCUT2D eigenvalue weighted by molar-refractivity contribution is 0.516. The zero-order chi connectivity index (χ0) is 32.3. The highest BCUT2D eigenvalue weighted by atomic mass is 35.5. The van der Waals surface area contributed by atoms with Crippen molar-refractivity contribution >= 4 is 33.9 Å². The molecule has 0 spiro atoms. The molecule has 3 aromatic carbocycles. The Labute approximate surface area is 266 Å². The topological polar surface area (TPSA) is 163 Å². The highest BCUT2D eigenvalue weighted by Crippen LogP contribution is 2.43. The first-order valence-electron chi connectivity index (χ1n) is 14.7. The summed E-state index contributed by atoms with van der Waals surface area (Å²) in [5, 5.41) is 54.8. The summed E-state index contributed by atoms with van der Waals surface area (Å²) in [6, 6.07) is 26.4. The first-order chi connectivity index (χ1) is 22.3. The van der Waals surface area contributed by atoms with E-state index in [4.69, 9.17) is 11.6 Å². The van der Waals surface area contributed by atoms with Crippen LogP contribution in [0.5, 0.6) is 0 Å². The van der Waals surface area contributed by atoms with E-state index in [1.54, 1.807) is 42.6 Å². The first kappa shape index (κ1) is 27.9. The van der Waals surface area contributed by atoms with Crippen LogP contribution >= 0.6 is 11.6 Å². The number of hydrogen-bond acceptors (Lipinski definition) is 9. The number of fused-ring (bicyclic) bond motifs is 1. The van der Waals surface area contributed by atoms with Crippen molar-refractivity contribution in [1.82, 2.24) is 20.0 Å². The maximum absolute atomic E-state index is 10.1. The Morgan fingerprint density at radius 1 is 0.978 bits per heavy atom. The van der Waals surface area contributed by atoms with Crippen LogP contribution in [0.25, 0.3) is 10.9 Å². The number of hydrogen-bond donors (Lipinski definition) is 2. The molecule has 1 aliphatic rings. The highest BCUT2D eigenvalue weighted by Gasteiger charge is 2.46. The van der Waals surface area contributed by atoms with Crippen LogP contribution in [0.2, 0.25) is 5.02 Å². The average molecular weight is 610 g/mol. The molecule has 1 aliphatic carbocycles. The van der Waals surface area contributed by atoms with Gasteiger partial charge in [0.1, 0.15) is 11.8 Å². The van der Waals surface area contributed by atoms with Gasteiger partial charge in [0.05, 0.1) is 65.2 Å². The number of nitrogens with one attached hydrogen (secondary N) is 2. The van der Waals surface area contributed by atoms with Crippen molar-refractivity contribution in [2.45, 2.75) is 43.3 Å². The molecule has 218 valence electrons. The van der Waals surface area contributed by atoms with E-state index < -0.39 is 11.6 Å². The molecule has 0 amide bonds. The molecular weight excluding hydrogens is 584 g/mol. The summed E-state index contributed by atoms with van der Waals surface area (Å²) >= 11 is 6.80. The van der Waals surface area contributed by atoms with Crippen LogP contribution in [0.15, 0.2) is 79.1 Å². The molecule has 45 heavy (non-hydrogen) atoms. The summed E-state index contributed by atoms with van der Waals surface area (Å²) in [6.07, 6.45) is 5.10. The van der Waals surface area contributed by atoms with Crippen molar-refractivity contribution in [2.24, 2.45) is 0 Å². The summed E-state index contributed by atoms with van der Waals surface area (Å²) in [7, 11) is 0. The number of pyridine rings is 1. The van der Waals surface area contributed by atoms with Crippen LogP contribution in [-0.4, -0.2) is 20.0 Å². The molecule has 2 unspecified atom stereocenters. The van der Waals surface area contributed by atoms with E-state index in [0.717, 1.165) is 5.56 Å². The third-order valence-electron chi connectivity index (χ3n) is 7.78. The number of benzene rings is 3. The lowest BCUT2D eigenvalue weighted by Crippen LogP contribution is -2.16. The Bertz CT molecular complexity index is 2110. The van der Waals surface area contributed by atoms with Gasteiger partial charge in [0.15, 0.2) is 5.54 Å². The molecule has 11 heteroatoms. The Kier molecular flexibility index (Phi) is 7.65. The van der Waals surface area contributed by atoms with E-state index in [1.165, 1.54) is 10.9 Å². The number of nitrogens with zero attached hydrogens (tertiary/aromatic N) is 8. The third kappa shape index (κ3) is 5.84. The van der Waals surface area contributed by atoms with Gasteiger partial charge in [-0.15, -0.1) is 5.10 Å². The molecule has 2 atom stereocenters. The second-order valence-corrected chi connectivity index (χ2v) is 11.1. The monoisotopic (exact) mass is 609 g/mol. The van der Waals surface area contributed by atoms with E-state index in [-0.39, 0.29) is 22.3 Å². The zero-order valence-electron chi connectivity index (χ0n) is 24.9. The molecule has 10 nitrogen and oxygen atoms in total. The molecule has 0 radical (unpaired) electrons. The molecule has 2 N–H and O–H groups in total. The minimum atomic E-state index is -1.76. The first-order valence-corrected chi connectivity index (χ1v) is 14.6. The SMILES string of the molecule is [2H]C(Nc1cc(Cl)c2ncc(C#N)c(NC(CCC#N)c3ccccc3)c2c1)(c1cccc(C#N)c1)c1cn(C2(C#N)CC2)nn1. The molecule has 0 saturated heterocycles. The smallest absolute Gasteiger partial charge is 0.150 e. The van der Waals surface area contributed by atoms with Crippen LogP contribution in [0.1, 0.15) is 67.1 Å². The number of halogens is 1. The van der Waals surface area contributed by atoms with Crippen molar-refractivity contribution < 1.29 is 1.37 Å². The second kappa shape index (κ2) is 12.3. The Balaban J connectivity index is 1.48. The Hall–Kier alpha value is -5.94. The van der Waals surface area contributed by atoms with Gasteiger partial charge in [-0.2, -0.15) is 21.0 Å². The van der Waals surface area contributed by atoms with E-state index in [0.29, 0.717) is 59.1 Å². The lowest BCUT2D eigenvalue weighted by atomic mass is 9.99. The van der Waals surface area contributed by atoms with Crippen molar-refractivity contribution in [3.8, 4) is 24.3 Å². The van der Waals surface area contributed by atoms with E-state index in [1.807, 2.05) is 30.3 Å². The van der Waals surface area contributed by atoms with Gasteiger partial charge < -0.3 is 10.6 Å². The maximum Gasteiger partial charge on any atom is 0.150 e. The normalized spacial score (nSPS) is 15.3. The molecule has 0 bridgehead atoms. The minimum Gasteiger partial charge on any atom is -0.377 e. The van der Waals surface area contributed by atoms with Gasteiger partial charge in [-0.25, -0.2) is 4.68 Å². The number of aromatic nitrogens is 4. The summed E-state index contributed by atoms with van der Waals surface area (Å²) in [5.41, 5.74) is 2.78. The lowest BCUT2D eigenvalue weighted by Gasteiger charge is -2.23. The van der Waals surface area contributed by atoms with Crippen molar-refractivity contribution in [1.29, 1.82) is 21.0 Å². The minimum absolute atomic E-state index is 0.211. The van der Waals surface area contributed by atoms with E-state index in [2.05, 4.69) is 50.2 Å². The molecule has 2 aromatic heterocycles. The Morgan fingerprint density at radius 3 is 2.49 bits per heavy atom. The van der Waals surface area contributed by atoms with Gasteiger partial charge in [0.2, 0.25) is 0 Å². The van der Waals surface area contributed by atoms with Gasteiger partial charge in [0, 0.05) is 23.7 Å². The Morgan fingerprint density at radius 2 is 1.78 bits per heavy atom. The van der Waals surface area contributed by atoms with Crippen LogP contribution in [0.4, 0.5) is 11.4 Å². The number of nitriles is 4. The van der Waals surface area contributed by atoms with Crippen molar-refractivity contribution in [2.75, 3.05) is 10.6 Å². The van der Waals surface area contributed by atoms with Gasteiger partial charge >= 0.3 is 0 Å². The predicted molar refractivity (Wildman–Crippen MR) is 169 cm³/mol. The largest absolute Gasteiger partial charge is 0.377 e. The van der Waals surface area contributed by atoms with Gasteiger partial charge in [0.25, 0.3) is 0 Å². The van der Waals surface area contributed by atoms with Gasteiger partial charge in [-0.05, 0) is 54.7 Å². The summed E-state index contributed by atoms with van der Waals surface area (Å²) in [5.74, 6) is 0. The quantitative estimate of drug-likeness (QED) is 0.171. The predicted octanol–water partition coefficient (Wildman–Crippen LogP) is 6.89.